The van der Waals surface area contributed by atoms with Gasteiger partial charge in [0, 0.05) is 10.4 Å². The summed E-state index contributed by atoms with van der Waals surface area (Å²) in [6.45, 7) is 0. The largest absolute Gasteiger partial charge is 0.388 e. The predicted molar refractivity (Wildman–Crippen MR) is 69.0 cm³/mol. The molecule has 2 aromatic rings. The Bertz CT molecular complexity index is 484. The number of aliphatic hydroxyl groups is 1. The summed E-state index contributed by atoms with van der Waals surface area (Å²) in [5.41, 5.74) is 0.272. The Morgan fingerprint density at radius 2 is 2.12 bits per heavy atom. The number of hydrogen-bond donors (Lipinski definition) is 1. The van der Waals surface area contributed by atoms with Crippen LogP contribution < -0.4 is 0 Å². The van der Waals surface area contributed by atoms with E-state index in [1.807, 2.05) is 17.5 Å². The zero-order chi connectivity index (χ0) is 12.3. The highest BCUT2D eigenvalue weighted by molar-refractivity contribution is 7.09. The third-order valence-electron chi connectivity index (χ3n) is 2.58. The van der Waals surface area contributed by atoms with Crippen molar-refractivity contribution in [2.45, 2.75) is 18.9 Å². The van der Waals surface area contributed by atoms with Gasteiger partial charge in [0.1, 0.15) is 5.82 Å². The average Bonchev–Trinajstić information content (AvgIpc) is 2.82. The number of aryl methyl sites for hydroxylation is 1. The van der Waals surface area contributed by atoms with Gasteiger partial charge in [0.2, 0.25) is 0 Å². The highest BCUT2D eigenvalue weighted by Crippen LogP contribution is 2.26. The molecule has 0 radical (unpaired) electrons. The lowest BCUT2D eigenvalue weighted by Gasteiger charge is -2.11. The summed E-state index contributed by atoms with van der Waals surface area (Å²) in [6.07, 6.45) is 0.429. The number of halogens is 2. The number of aliphatic hydroxyl groups excluding tert-OH is 1. The van der Waals surface area contributed by atoms with Crippen LogP contribution in [0.1, 0.15) is 23.0 Å². The lowest BCUT2D eigenvalue weighted by atomic mass is 10.0. The third-order valence-corrected chi connectivity index (χ3v) is 3.81. The van der Waals surface area contributed by atoms with Gasteiger partial charge in [-0.05, 0) is 30.4 Å². The molecule has 17 heavy (non-hydrogen) atoms. The third kappa shape index (κ3) is 3.06. The smallest absolute Gasteiger partial charge is 0.147 e. The Kier molecular flexibility index (Phi) is 4.15. The summed E-state index contributed by atoms with van der Waals surface area (Å²) in [4.78, 5) is 1.19. The van der Waals surface area contributed by atoms with E-state index in [4.69, 9.17) is 11.6 Å². The summed E-state index contributed by atoms with van der Waals surface area (Å²) in [7, 11) is 0. The van der Waals surface area contributed by atoms with E-state index in [0.717, 1.165) is 6.42 Å². The SMILES string of the molecule is OC(CCc1cccs1)c1cccc(Cl)c1F. The maximum absolute atomic E-state index is 13.6. The molecular weight excluding hydrogens is 259 g/mol. The van der Waals surface area contributed by atoms with E-state index < -0.39 is 11.9 Å². The number of benzene rings is 1. The molecule has 1 N–H and O–H groups in total. The fourth-order valence-electron chi connectivity index (χ4n) is 1.67. The van der Waals surface area contributed by atoms with Crippen molar-refractivity contribution in [3.05, 3.63) is 57.0 Å². The molecule has 0 saturated heterocycles. The van der Waals surface area contributed by atoms with Gasteiger partial charge in [0.15, 0.2) is 0 Å². The average molecular weight is 271 g/mol. The van der Waals surface area contributed by atoms with Crippen molar-refractivity contribution in [1.82, 2.24) is 0 Å². The first-order valence-electron chi connectivity index (χ1n) is 5.33. The zero-order valence-electron chi connectivity index (χ0n) is 9.07. The summed E-state index contributed by atoms with van der Waals surface area (Å²) in [6, 6.07) is 8.67. The van der Waals surface area contributed by atoms with E-state index in [9.17, 15) is 9.50 Å². The molecular formula is C13H12ClFOS. The second-order valence-electron chi connectivity index (χ2n) is 3.78. The molecule has 1 aromatic carbocycles. The summed E-state index contributed by atoms with van der Waals surface area (Å²) in [5, 5.41) is 12.0. The first-order valence-corrected chi connectivity index (χ1v) is 6.58. The van der Waals surface area contributed by atoms with Gasteiger partial charge in [0.05, 0.1) is 11.1 Å². The molecule has 1 unspecified atom stereocenters. The topological polar surface area (TPSA) is 20.2 Å². The van der Waals surface area contributed by atoms with E-state index >= 15 is 0 Å². The molecule has 0 bridgehead atoms. The Balaban J connectivity index is 2.04. The first kappa shape index (κ1) is 12.6. The summed E-state index contributed by atoms with van der Waals surface area (Å²) < 4.78 is 13.6. The van der Waals surface area contributed by atoms with Gasteiger partial charge in [-0.1, -0.05) is 29.8 Å². The van der Waals surface area contributed by atoms with Gasteiger partial charge in [-0.15, -0.1) is 11.3 Å². The van der Waals surface area contributed by atoms with Gasteiger partial charge in [-0.25, -0.2) is 4.39 Å². The van der Waals surface area contributed by atoms with Gasteiger partial charge in [0.25, 0.3) is 0 Å². The van der Waals surface area contributed by atoms with Crippen molar-refractivity contribution >= 4 is 22.9 Å². The lowest BCUT2D eigenvalue weighted by molar-refractivity contribution is 0.163. The lowest BCUT2D eigenvalue weighted by Crippen LogP contribution is -2.02. The normalized spacial score (nSPS) is 12.6. The minimum Gasteiger partial charge on any atom is -0.388 e. The molecule has 1 nitrogen and oxygen atoms in total. The van der Waals surface area contributed by atoms with Crippen LogP contribution in [0, 0.1) is 5.82 Å². The quantitative estimate of drug-likeness (QED) is 0.882. The molecule has 2 rings (SSSR count). The van der Waals surface area contributed by atoms with Crippen LogP contribution in [0.4, 0.5) is 4.39 Å². The van der Waals surface area contributed by atoms with Crippen molar-refractivity contribution in [3.63, 3.8) is 0 Å². The van der Waals surface area contributed by atoms with Crippen LogP contribution >= 0.6 is 22.9 Å². The number of hydrogen-bond acceptors (Lipinski definition) is 2. The van der Waals surface area contributed by atoms with Gasteiger partial charge in [-0.3, -0.25) is 0 Å². The second kappa shape index (κ2) is 5.63. The summed E-state index contributed by atoms with van der Waals surface area (Å²) in [5.74, 6) is -0.521. The Hall–Kier alpha value is -0.900. The fourth-order valence-corrected chi connectivity index (χ4v) is 2.57. The van der Waals surface area contributed by atoms with Crippen LogP contribution in [0.25, 0.3) is 0 Å². The van der Waals surface area contributed by atoms with Gasteiger partial charge in [-0.2, -0.15) is 0 Å². The van der Waals surface area contributed by atoms with Gasteiger partial charge < -0.3 is 5.11 Å². The van der Waals surface area contributed by atoms with E-state index in [0.29, 0.717) is 6.42 Å². The molecule has 0 saturated carbocycles. The van der Waals surface area contributed by atoms with E-state index in [-0.39, 0.29) is 10.6 Å². The monoisotopic (exact) mass is 270 g/mol. The number of thiophene rings is 1. The molecule has 0 aliphatic heterocycles. The molecule has 90 valence electrons. The first-order chi connectivity index (χ1) is 8.18. The van der Waals surface area contributed by atoms with Gasteiger partial charge >= 0.3 is 0 Å². The van der Waals surface area contributed by atoms with Crippen LogP contribution in [-0.2, 0) is 6.42 Å². The van der Waals surface area contributed by atoms with E-state index in [1.165, 1.54) is 10.9 Å². The van der Waals surface area contributed by atoms with E-state index in [2.05, 4.69) is 0 Å². The maximum Gasteiger partial charge on any atom is 0.147 e. The zero-order valence-corrected chi connectivity index (χ0v) is 10.6. The number of rotatable bonds is 4. The maximum atomic E-state index is 13.6. The molecule has 1 heterocycles. The molecule has 0 aliphatic rings. The fraction of sp³-hybridized carbons (Fsp3) is 0.231. The Morgan fingerprint density at radius 1 is 1.29 bits per heavy atom. The molecule has 1 atom stereocenters. The van der Waals surface area contributed by atoms with Crippen molar-refractivity contribution < 1.29 is 9.50 Å². The standard InChI is InChI=1S/C13H12ClFOS/c14-11-5-1-4-10(13(11)15)12(16)7-6-9-3-2-8-17-9/h1-5,8,12,16H,6-7H2. The minimum atomic E-state index is -0.809. The molecule has 0 spiro atoms. The molecule has 1 aromatic heterocycles. The Morgan fingerprint density at radius 3 is 2.82 bits per heavy atom. The van der Waals surface area contributed by atoms with Crippen molar-refractivity contribution in [2.24, 2.45) is 0 Å². The minimum absolute atomic E-state index is 0.0534. The molecule has 0 amide bonds. The summed E-state index contributed by atoms with van der Waals surface area (Å²) >= 11 is 7.31. The van der Waals surface area contributed by atoms with Crippen LogP contribution in [0.15, 0.2) is 35.7 Å². The molecule has 0 fully saturated rings. The van der Waals surface area contributed by atoms with E-state index in [1.54, 1.807) is 23.5 Å². The highest BCUT2D eigenvalue weighted by atomic mass is 35.5. The van der Waals surface area contributed by atoms with Crippen molar-refractivity contribution in [3.8, 4) is 0 Å². The highest BCUT2D eigenvalue weighted by Gasteiger charge is 2.14. The van der Waals surface area contributed by atoms with Crippen molar-refractivity contribution in [1.29, 1.82) is 0 Å². The van der Waals surface area contributed by atoms with Crippen LogP contribution in [0.2, 0.25) is 5.02 Å². The predicted octanol–water partition coefficient (Wildman–Crippen LogP) is 4.21. The molecule has 0 aliphatic carbocycles. The van der Waals surface area contributed by atoms with Crippen LogP contribution in [-0.4, -0.2) is 5.11 Å². The van der Waals surface area contributed by atoms with Crippen LogP contribution in [0.5, 0.6) is 0 Å². The molecule has 4 heteroatoms. The Labute approximate surface area is 108 Å². The van der Waals surface area contributed by atoms with Crippen molar-refractivity contribution in [2.75, 3.05) is 0 Å². The second-order valence-corrected chi connectivity index (χ2v) is 5.22. The van der Waals surface area contributed by atoms with Crippen LogP contribution in [0.3, 0.4) is 0 Å².